The first-order chi connectivity index (χ1) is 17.1. The van der Waals surface area contributed by atoms with Crippen LogP contribution >= 0.6 is 23.2 Å². The third kappa shape index (κ3) is 4.34. The maximum Gasteiger partial charge on any atom is 0.471 e. The SMILES string of the molecule is COc1cc2ncnc(Nc3ccc(Cl)c(Cl)c3F)c2cc1N[C@H]1[C@@H]2C[C@H]1CN(C(=O)C(F)(F)F)C2. The molecule has 1 amide bonds. The van der Waals surface area contributed by atoms with Crippen LogP contribution in [0.1, 0.15) is 6.42 Å². The maximum atomic E-state index is 14.6. The molecule has 1 saturated carbocycles. The van der Waals surface area contributed by atoms with E-state index in [-0.39, 0.29) is 46.7 Å². The molecule has 0 radical (unpaired) electrons. The van der Waals surface area contributed by atoms with Gasteiger partial charge in [0.05, 0.1) is 34.0 Å². The van der Waals surface area contributed by atoms with Crippen molar-refractivity contribution in [2.24, 2.45) is 11.8 Å². The van der Waals surface area contributed by atoms with E-state index < -0.39 is 17.9 Å². The number of benzene rings is 2. The summed E-state index contributed by atoms with van der Waals surface area (Å²) in [6, 6.07) is 6.17. The molecule has 190 valence electrons. The van der Waals surface area contributed by atoms with Crippen LogP contribution in [0, 0.1) is 17.7 Å². The number of ether oxygens (including phenoxy) is 1. The Morgan fingerprint density at radius 3 is 2.53 bits per heavy atom. The number of anilines is 3. The van der Waals surface area contributed by atoms with Gasteiger partial charge in [-0.3, -0.25) is 4.79 Å². The van der Waals surface area contributed by atoms with Gasteiger partial charge in [-0.05, 0) is 36.5 Å². The lowest BCUT2D eigenvalue weighted by atomic mass is 9.66. The number of fused-ring (bicyclic) bond motifs is 3. The molecule has 1 aliphatic heterocycles. The van der Waals surface area contributed by atoms with E-state index in [1.165, 1.54) is 25.6 Å². The smallest absolute Gasteiger partial charge is 0.471 e. The zero-order valence-corrected chi connectivity index (χ0v) is 20.2. The number of halogens is 6. The van der Waals surface area contributed by atoms with Crippen LogP contribution in [0.3, 0.4) is 0 Å². The predicted octanol–water partition coefficient (Wildman–Crippen LogP) is 5.65. The number of piperidine rings is 2. The van der Waals surface area contributed by atoms with E-state index in [4.69, 9.17) is 27.9 Å². The number of hydrogen-bond donors (Lipinski definition) is 2. The minimum Gasteiger partial charge on any atom is -0.495 e. The normalized spacial score (nSPS) is 21.2. The Balaban J connectivity index is 1.42. The summed E-state index contributed by atoms with van der Waals surface area (Å²) >= 11 is 11.8. The summed E-state index contributed by atoms with van der Waals surface area (Å²) in [4.78, 5) is 21.0. The minimum absolute atomic E-state index is 0.0227. The Bertz CT molecular complexity index is 1340. The van der Waals surface area contributed by atoms with E-state index >= 15 is 0 Å². The lowest BCUT2D eigenvalue weighted by molar-refractivity contribution is -0.191. The van der Waals surface area contributed by atoms with Gasteiger partial charge in [0.2, 0.25) is 0 Å². The molecule has 13 heteroatoms. The zero-order chi connectivity index (χ0) is 25.8. The van der Waals surface area contributed by atoms with Crippen LogP contribution in [-0.2, 0) is 4.79 Å². The fourth-order valence-corrected chi connectivity index (χ4v) is 5.17. The Morgan fingerprint density at radius 1 is 1.14 bits per heavy atom. The lowest BCUT2D eigenvalue weighted by Crippen LogP contribution is -2.63. The van der Waals surface area contributed by atoms with Crippen molar-refractivity contribution in [1.29, 1.82) is 0 Å². The molecule has 0 unspecified atom stereocenters. The van der Waals surface area contributed by atoms with Crippen molar-refractivity contribution in [2.45, 2.75) is 18.6 Å². The molecule has 2 bridgehead atoms. The Hall–Kier alpha value is -3.05. The molecule has 1 aromatic heterocycles. The number of carbonyl (C=O) groups excluding carboxylic acids is 1. The van der Waals surface area contributed by atoms with Gasteiger partial charge in [0.1, 0.15) is 17.9 Å². The van der Waals surface area contributed by atoms with Crippen LogP contribution in [-0.4, -0.2) is 53.2 Å². The first-order valence-electron chi connectivity index (χ1n) is 10.9. The number of likely N-dealkylation sites (tertiary alicyclic amines) is 1. The highest BCUT2D eigenvalue weighted by atomic mass is 35.5. The highest BCUT2D eigenvalue weighted by Crippen LogP contribution is 2.44. The first-order valence-corrected chi connectivity index (χ1v) is 11.7. The predicted molar refractivity (Wildman–Crippen MR) is 127 cm³/mol. The Morgan fingerprint density at radius 2 is 1.86 bits per heavy atom. The molecule has 2 aliphatic rings. The summed E-state index contributed by atoms with van der Waals surface area (Å²) in [5.74, 6) is -2.03. The van der Waals surface area contributed by atoms with Gasteiger partial charge in [-0.1, -0.05) is 23.2 Å². The van der Waals surface area contributed by atoms with E-state index in [9.17, 15) is 22.4 Å². The van der Waals surface area contributed by atoms with E-state index in [1.54, 1.807) is 12.1 Å². The zero-order valence-electron chi connectivity index (χ0n) is 18.7. The summed E-state index contributed by atoms with van der Waals surface area (Å²) in [7, 11) is 1.49. The number of carbonyl (C=O) groups is 1. The number of nitrogens with one attached hydrogen (secondary N) is 2. The first kappa shape index (κ1) is 24.6. The molecule has 1 saturated heterocycles. The number of amides is 1. The molecule has 5 rings (SSSR count). The quantitative estimate of drug-likeness (QED) is 0.320. The van der Waals surface area contributed by atoms with Crippen LogP contribution in [0.25, 0.3) is 10.9 Å². The summed E-state index contributed by atoms with van der Waals surface area (Å²) < 4.78 is 58.7. The second kappa shape index (κ2) is 9.11. The summed E-state index contributed by atoms with van der Waals surface area (Å²) in [5.41, 5.74) is 1.16. The molecular formula is C23H19Cl2F4N5O2. The molecule has 3 atom stereocenters. The standard InChI is InChI=1S/C23H19Cl2F4N5O2/c1-36-17-6-15-12(21(31-9-30-15)33-14-3-2-13(24)18(25)19(14)26)5-16(17)32-20-10-4-11(20)8-34(7-10)22(35)23(27,28)29/h2-3,5-6,9-11,20,32H,4,7-8H2,1H3,(H,30,31,33)/t10-,11+,20+. The fraction of sp³-hybridized carbons (Fsp3) is 0.348. The minimum atomic E-state index is -4.88. The topological polar surface area (TPSA) is 79.4 Å². The highest BCUT2D eigenvalue weighted by Gasteiger charge is 2.52. The van der Waals surface area contributed by atoms with Gasteiger partial charge in [0.15, 0.2) is 5.82 Å². The van der Waals surface area contributed by atoms with Gasteiger partial charge in [0.25, 0.3) is 0 Å². The van der Waals surface area contributed by atoms with Crippen LogP contribution in [0.4, 0.5) is 34.8 Å². The molecule has 2 aromatic carbocycles. The van der Waals surface area contributed by atoms with Crippen molar-refractivity contribution in [1.82, 2.24) is 14.9 Å². The van der Waals surface area contributed by atoms with Crippen molar-refractivity contribution in [3.8, 4) is 5.75 Å². The molecule has 0 spiro atoms. The van der Waals surface area contributed by atoms with Crippen molar-refractivity contribution in [3.63, 3.8) is 0 Å². The molecule has 7 nitrogen and oxygen atoms in total. The van der Waals surface area contributed by atoms with Gasteiger partial charge in [-0.15, -0.1) is 0 Å². The molecule has 1 aliphatic carbocycles. The van der Waals surface area contributed by atoms with Gasteiger partial charge >= 0.3 is 12.1 Å². The van der Waals surface area contributed by atoms with Crippen molar-refractivity contribution >= 4 is 57.2 Å². The highest BCUT2D eigenvalue weighted by molar-refractivity contribution is 6.42. The van der Waals surface area contributed by atoms with Crippen LogP contribution < -0.4 is 15.4 Å². The second-order valence-electron chi connectivity index (χ2n) is 8.77. The number of alkyl halides is 3. The Labute approximate surface area is 212 Å². The second-order valence-corrected chi connectivity index (χ2v) is 9.56. The number of nitrogens with zero attached hydrogens (tertiary/aromatic N) is 3. The van der Waals surface area contributed by atoms with E-state index in [0.717, 1.165) is 11.3 Å². The van der Waals surface area contributed by atoms with E-state index in [1.807, 2.05) is 0 Å². The average Bonchev–Trinajstić information content (AvgIpc) is 2.86. The van der Waals surface area contributed by atoms with Crippen LogP contribution in [0.2, 0.25) is 10.0 Å². The summed E-state index contributed by atoms with van der Waals surface area (Å²) in [6.45, 7) is 0.0455. The van der Waals surface area contributed by atoms with Gasteiger partial charge in [0, 0.05) is 30.6 Å². The number of hydrogen-bond acceptors (Lipinski definition) is 6. The van der Waals surface area contributed by atoms with Crippen LogP contribution in [0.5, 0.6) is 5.75 Å². The summed E-state index contributed by atoms with van der Waals surface area (Å²) in [6.07, 6.45) is -2.84. The molecule has 36 heavy (non-hydrogen) atoms. The molecule has 2 N–H and O–H groups in total. The summed E-state index contributed by atoms with van der Waals surface area (Å²) in [5, 5.41) is 6.68. The third-order valence-electron chi connectivity index (χ3n) is 6.63. The monoisotopic (exact) mass is 543 g/mol. The molecular weight excluding hydrogens is 525 g/mol. The van der Waals surface area contributed by atoms with Crippen molar-refractivity contribution < 1.29 is 27.1 Å². The molecule has 3 aromatic rings. The van der Waals surface area contributed by atoms with Gasteiger partial charge < -0.3 is 20.3 Å². The number of rotatable bonds is 5. The maximum absolute atomic E-state index is 14.6. The van der Waals surface area contributed by atoms with E-state index in [0.29, 0.717) is 28.2 Å². The lowest BCUT2D eigenvalue weighted by Gasteiger charge is -2.54. The van der Waals surface area contributed by atoms with Crippen LogP contribution in [0.15, 0.2) is 30.6 Å². The van der Waals surface area contributed by atoms with Gasteiger partial charge in [-0.2, -0.15) is 13.2 Å². The fourth-order valence-electron chi connectivity index (χ4n) is 4.86. The molecule has 2 heterocycles. The van der Waals surface area contributed by atoms with Crippen molar-refractivity contribution in [3.05, 3.63) is 46.5 Å². The third-order valence-corrected chi connectivity index (χ3v) is 7.41. The largest absolute Gasteiger partial charge is 0.495 e. The van der Waals surface area contributed by atoms with Crippen molar-refractivity contribution in [2.75, 3.05) is 30.8 Å². The number of aromatic nitrogens is 2. The number of methoxy groups -OCH3 is 1. The Kier molecular flexibility index (Phi) is 6.24. The average molecular weight is 544 g/mol. The molecule has 2 fully saturated rings. The van der Waals surface area contributed by atoms with E-state index in [2.05, 4.69) is 20.6 Å². The van der Waals surface area contributed by atoms with Gasteiger partial charge in [-0.25, -0.2) is 14.4 Å².